The van der Waals surface area contributed by atoms with E-state index in [1.54, 1.807) is 17.2 Å². The molecule has 1 saturated heterocycles. The van der Waals surface area contributed by atoms with Crippen LogP contribution < -0.4 is 15.8 Å². The number of hydrogen-bond acceptors (Lipinski definition) is 8. The fourth-order valence-corrected chi connectivity index (χ4v) is 4.57. The lowest BCUT2D eigenvalue weighted by Gasteiger charge is -2.34. The zero-order valence-electron chi connectivity index (χ0n) is 21.5. The van der Waals surface area contributed by atoms with Crippen molar-refractivity contribution < 1.29 is 14.6 Å². The van der Waals surface area contributed by atoms with Crippen molar-refractivity contribution in [3.8, 4) is 11.5 Å². The standard InChI is InChI=1S/C29H32N6O3/c1-18(30)25(19(2)36)29(37)35-16-6-7-20(17-35)26(31)24-14-15-33-28(32)27(24)34-21-10-12-23(13-11-21)38-22-8-4-3-5-9-22/h3-5,8-15,20,30-31,34,36H,6-7,16-17H2,1-2H3,(H2,32,33)/b25-19+,30-18?,31-26?/t20-/m1/s1. The van der Waals surface area contributed by atoms with E-state index in [4.69, 9.17) is 21.3 Å². The first-order chi connectivity index (χ1) is 18.2. The molecule has 9 nitrogen and oxygen atoms in total. The number of para-hydroxylation sites is 1. The Labute approximate surface area is 222 Å². The molecule has 1 fully saturated rings. The molecule has 38 heavy (non-hydrogen) atoms. The molecule has 1 amide bonds. The van der Waals surface area contributed by atoms with Crippen LogP contribution in [0.1, 0.15) is 32.3 Å². The number of nitrogens with two attached hydrogens (primary N) is 1. The number of pyridine rings is 1. The number of ether oxygens (including phenoxy) is 1. The van der Waals surface area contributed by atoms with E-state index in [1.807, 2.05) is 54.6 Å². The van der Waals surface area contributed by atoms with Gasteiger partial charge in [-0.2, -0.15) is 0 Å². The maximum absolute atomic E-state index is 13.0. The molecule has 0 bridgehead atoms. The number of aliphatic hydroxyl groups excluding tert-OH is 1. The maximum Gasteiger partial charge on any atom is 0.259 e. The number of hydrogen-bond donors (Lipinski definition) is 5. The lowest BCUT2D eigenvalue weighted by atomic mass is 9.88. The monoisotopic (exact) mass is 512 g/mol. The minimum absolute atomic E-state index is 0.00684. The molecule has 2 heterocycles. The number of nitrogen functional groups attached to an aromatic ring is 1. The maximum atomic E-state index is 13.0. The molecule has 1 aliphatic rings. The van der Waals surface area contributed by atoms with Crippen LogP contribution in [0.3, 0.4) is 0 Å². The molecule has 3 aromatic rings. The Morgan fingerprint density at radius 1 is 1.08 bits per heavy atom. The number of carbonyl (C=O) groups excluding carboxylic acids is 1. The Morgan fingerprint density at radius 3 is 2.42 bits per heavy atom. The number of carbonyl (C=O) groups is 1. The summed E-state index contributed by atoms with van der Waals surface area (Å²) in [5.41, 5.74) is 8.50. The Bertz CT molecular complexity index is 1360. The van der Waals surface area contributed by atoms with Crippen LogP contribution in [0.25, 0.3) is 0 Å². The Morgan fingerprint density at radius 2 is 1.76 bits per heavy atom. The molecule has 0 saturated carbocycles. The molecule has 0 aliphatic carbocycles. The van der Waals surface area contributed by atoms with Gasteiger partial charge in [0.15, 0.2) is 0 Å². The predicted molar refractivity (Wildman–Crippen MR) is 150 cm³/mol. The minimum atomic E-state index is -0.389. The van der Waals surface area contributed by atoms with Crippen LogP contribution >= 0.6 is 0 Å². The van der Waals surface area contributed by atoms with Crippen LogP contribution in [-0.4, -0.2) is 45.4 Å². The number of anilines is 3. The number of piperidine rings is 1. The van der Waals surface area contributed by atoms with E-state index < -0.39 is 0 Å². The summed E-state index contributed by atoms with van der Waals surface area (Å²) in [7, 11) is 0. The number of amides is 1. The molecule has 196 valence electrons. The molecule has 1 aromatic heterocycles. The second-order valence-electron chi connectivity index (χ2n) is 9.27. The van der Waals surface area contributed by atoms with Gasteiger partial charge in [-0.15, -0.1) is 0 Å². The average Bonchev–Trinajstić information content (AvgIpc) is 2.90. The minimum Gasteiger partial charge on any atom is -0.512 e. The molecule has 0 radical (unpaired) electrons. The normalized spacial score (nSPS) is 15.8. The molecule has 4 rings (SSSR count). The number of rotatable bonds is 8. The van der Waals surface area contributed by atoms with Crippen molar-refractivity contribution >= 4 is 34.5 Å². The zero-order valence-corrected chi connectivity index (χ0v) is 21.5. The van der Waals surface area contributed by atoms with Crippen molar-refractivity contribution in [2.24, 2.45) is 5.92 Å². The first-order valence-corrected chi connectivity index (χ1v) is 12.4. The van der Waals surface area contributed by atoms with E-state index in [0.717, 1.165) is 17.9 Å². The van der Waals surface area contributed by atoms with Crippen LogP contribution in [0.2, 0.25) is 0 Å². The zero-order chi connectivity index (χ0) is 27.2. The second kappa shape index (κ2) is 11.6. The third kappa shape index (κ3) is 6.00. The van der Waals surface area contributed by atoms with E-state index in [0.29, 0.717) is 42.2 Å². The van der Waals surface area contributed by atoms with Gasteiger partial charge in [-0.3, -0.25) is 4.79 Å². The van der Waals surface area contributed by atoms with Crippen molar-refractivity contribution in [2.75, 3.05) is 24.1 Å². The van der Waals surface area contributed by atoms with E-state index in [2.05, 4.69) is 10.3 Å². The van der Waals surface area contributed by atoms with Gasteiger partial charge >= 0.3 is 0 Å². The summed E-state index contributed by atoms with van der Waals surface area (Å²) >= 11 is 0. The quantitative estimate of drug-likeness (QED) is 0.149. The van der Waals surface area contributed by atoms with Gasteiger partial charge in [0, 0.05) is 47.9 Å². The van der Waals surface area contributed by atoms with Gasteiger partial charge in [0.1, 0.15) is 23.1 Å². The van der Waals surface area contributed by atoms with Gasteiger partial charge in [0.2, 0.25) is 0 Å². The second-order valence-corrected chi connectivity index (χ2v) is 9.27. The van der Waals surface area contributed by atoms with E-state index in [9.17, 15) is 9.90 Å². The lowest BCUT2D eigenvalue weighted by Crippen LogP contribution is -2.44. The van der Waals surface area contributed by atoms with Crippen molar-refractivity contribution in [2.45, 2.75) is 26.7 Å². The third-order valence-corrected chi connectivity index (χ3v) is 6.44. The van der Waals surface area contributed by atoms with Crippen LogP contribution in [-0.2, 0) is 4.79 Å². The Kier molecular flexibility index (Phi) is 8.06. The van der Waals surface area contributed by atoms with Gasteiger partial charge in [-0.05, 0) is 69.2 Å². The molecule has 0 spiro atoms. The van der Waals surface area contributed by atoms with Crippen LogP contribution in [0.4, 0.5) is 17.2 Å². The summed E-state index contributed by atoms with van der Waals surface area (Å²) in [6, 6.07) is 18.7. The first-order valence-electron chi connectivity index (χ1n) is 12.4. The summed E-state index contributed by atoms with van der Waals surface area (Å²) in [5, 5.41) is 30.1. The Balaban J connectivity index is 1.51. The molecule has 1 atom stereocenters. The molecule has 9 heteroatoms. The SMILES string of the molecule is CC(=N)/C(C(=O)N1CCC[C@@H](C(=N)c2ccnc(N)c2Nc2ccc(Oc3ccccc3)cc2)C1)=C(/C)O. The van der Waals surface area contributed by atoms with Crippen molar-refractivity contribution in [1.29, 1.82) is 10.8 Å². The van der Waals surface area contributed by atoms with E-state index in [1.165, 1.54) is 13.8 Å². The van der Waals surface area contributed by atoms with E-state index in [-0.39, 0.29) is 34.7 Å². The van der Waals surface area contributed by atoms with Crippen molar-refractivity contribution in [3.05, 3.63) is 83.8 Å². The summed E-state index contributed by atoms with van der Waals surface area (Å²) in [4.78, 5) is 18.9. The molecular weight excluding hydrogens is 480 g/mol. The molecule has 2 aromatic carbocycles. The largest absolute Gasteiger partial charge is 0.512 e. The number of likely N-dealkylation sites (tertiary alicyclic amines) is 1. The van der Waals surface area contributed by atoms with Gasteiger partial charge in [0.05, 0.1) is 11.3 Å². The predicted octanol–water partition coefficient (Wildman–Crippen LogP) is 5.68. The fourth-order valence-electron chi connectivity index (χ4n) is 4.57. The van der Waals surface area contributed by atoms with Gasteiger partial charge in [0.25, 0.3) is 5.91 Å². The first kappa shape index (κ1) is 26.4. The summed E-state index contributed by atoms with van der Waals surface area (Å²) in [6.07, 6.45) is 3.01. The number of benzene rings is 2. The molecule has 0 unspecified atom stereocenters. The highest BCUT2D eigenvalue weighted by atomic mass is 16.5. The highest BCUT2D eigenvalue weighted by molar-refractivity contribution is 6.20. The van der Waals surface area contributed by atoms with Gasteiger partial charge < -0.3 is 36.6 Å². The molecule has 6 N–H and O–H groups in total. The summed E-state index contributed by atoms with van der Waals surface area (Å²) < 4.78 is 5.86. The van der Waals surface area contributed by atoms with Crippen LogP contribution in [0, 0.1) is 16.7 Å². The molecular formula is C29H32N6O3. The van der Waals surface area contributed by atoms with Crippen LogP contribution in [0.5, 0.6) is 11.5 Å². The third-order valence-electron chi connectivity index (χ3n) is 6.44. The topological polar surface area (TPSA) is 148 Å². The number of allylic oxidation sites excluding steroid dienone is 1. The summed E-state index contributed by atoms with van der Waals surface area (Å²) in [6.45, 7) is 3.71. The molecule has 1 aliphatic heterocycles. The Hall–Kier alpha value is -4.66. The smallest absolute Gasteiger partial charge is 0.259 e. The highest BCUT2D eigenvalue weighted by Gasteiger charge is 2.31. The number of aromatic nitrogens is 1. The van der Waals surface area contributed by atoms with Crippen molar-refractivity contribution in [3.63, 3.8) is 0 Å². The fraction of sp³-hybridized carbons (Fsp3) is 0.241. The lowest BCUT2D eigenvalue weighted by molar-refractivity contribution is -0.128. The van der Waals surface area contributed by atoms with Crippen LogP contribution in [0.15, 0.2) is 78.2 Å². The van der Waals surface area contributed by atoms with Gasteiger partial charge in [-0.25, -0.2) is 4.98 Å². The van der Waals surface area contributed by atoms with E-state index >= 15 is 0 Å². The van der Waals surface area contributed by atoms with Gasteiger partial charge in [-0.1, -0.05) is 18.2 Å². The average molecular weight is 513 g/mol. The number of aliphatic hydroxyl groups is 1. The number of nitrogens with one attached hydrogen (secondary N) is 3. The van der Waals surface area contributed by atoms with Crippen molar-refractivity contribution in [1.82, 2.24) is 9.88 Å². The number of nitrogens with zero attached hydrogens (tertiary/aromatic N) is 2. The highest BCUT2D eigenvalue weighted by Crippen LogP contribution is 2.31. The summed E-state index contributed by atoms with van der Waals surface area (Å²) in [5.74, 6) is 0.901.